The highest BCUT2D eigenvalue weighted by Gasteiger charge is 2.37. The van der Waals surface area contributed by atoms with Crippen LogP contribution in [0.1, 0.15) is 34.4 Å². The largest absolute Gasteiger partial charge is 0.465 e. The molecule has 3 heterocycles. The Morgan fingerprint density at radius 3 is 2.51 bits per heavy atom. The van der Waals surface area contributed by atoms with Gasteiger partial charge in [-0.2, -0.15) is 18.4 Å². The molecule has 0 saturated carbocycles. The summed E-state index contributed by atoms with van der Waals surface area (Å²) in [5, 5.41) is 9.38. The van der Waals surface area contributed by atoms with Crippen molar-refractivity contribution in [1.82, 2.24) is 4.57 Å². The fraction of sp³-hybridized carbons (Fsp3) is 0.143. The smallest absolute Gasteiger partial charge is 0.417 e. The molecule has 1 aliphatic carbocycles. The molecule has 39 heavy (non-hydrogen) atoms. The lowest BCUT2D eigenvalue weighted by Crippen LogP contribution is -2.28. The average Bonchev–Trinajstić information content (AvgIpc) is 3.41. The third-order valence-corrected chi connectivity index (χ3v) is 7.18. The van der Waals surface area contributed by atoms with Gasteiger partial charge in [-0.3, -0.25) is 4.79 Å². The lowest BCUT2D eigenvalue weighted by Gasteiger charge is -2.19. The van der Waals surface area contributed by atoms with E-state index in [4.69, 9.17) is 9.47 Å². The predicted molar refractivity (Wildman–Crippen MR) is 134 cm³/mol. The standard InChI is InChI=1S/C28H17F5N2O3S/c29-18-7-6-17(21(30)10-18)13-35-22(11-20(28(31,32)33)19(12-34)27(35)36)25-8-9-26(39-25)24-15-37-14-23(38-24)16-4-2-1-3-5-16/h1-2,4,6-11,14-15H,3,5,13H2. The lowest BCUT2D eigenvalue weighted by molar-refractivity contribution is -0.137. The maximum Gasteiger partial charge on any atom is 0.417 e. The van der Waals surface area contributed by atoms with Crippen molar-refractivity contribution < 1.29 is 31.4 Å². The maximum absolute atomic E-state index is 14.4. The van der Waals surface area contributed by atoms with E-state index in [1.165, 1.54) is 24.7 Å². The summed E-state index contributed by atoms with van der Waals surface area (Å²) in [5.41, 5.74) is -3.20. The van der Waals surface area contributed by atoms with E-state index in [0.29, 0.717) is 28.5 Å². The zero-order chi connectivity index (χ0) is 27.7. The van der Waals surface area contributed by atoms with Crippen molar-refractivity contribution in [1.29, 1.82) is 5.26 Å². The van der Waals surface area contributed by atoms with Crippen molar-refractivity contribution in [3.05, 3.63) is 122 Å². The molecular weight excluding hydrogens is 539 g/mol. The molecule has 5 rings (SSSR count). The van der Waals surface area contributed by atoms with Crippen LogP contribution in [-0.2, 0) is 22.2 Å². The second-order valence-electron chi connectivity index (χ2n) is 8.58. The number of thiophene rings is 1. The summed E-state index contributed by atoms with van der Waals surface area (Å²) in [6, 6.07) is 7.76. The first-order valence-corrected chi connectivity index (χ1v) is 12.4. The molecule has 1 aromatic carbocycles. The number of nitriles is 1. The van der Waals surface area contributed by atoms with Crippen LogP contribution in [0.15, 0.2) is 83.3 Å². The van der Waals surface area contributed by atoms with Crippen LogP contribution in [0.3, 0.4) is 0 Å². The summed E-state index contributed by atoms with van der Waals surface area (Å²) < 4.78 is 81.7. The Hall–Kier alpha value is -4.43. The fourth-order valence-corrected chi connectivity index (χ4v) is 5.12. The molecule has 198 valence electrons. The third-order valence-electron chi connectivity index (χ3n) is 6.06. The Balaban J connectivity index is 1.58. The number of halogens is 5. The Labute approximate surface area is 222 Å². The topological polar surface area (TPSA) is 64.2 Å². The van der Waals surface area contributed by atoms with Crippen molar-refractivity contribution in [2.75, 3.05) is 0 Å². The van der Waals surface area contributed by atoms with Gasteiger partial charge in [-0.05, 0) is 42.7 Å². The molecular formula is C28H17F5N2O3S. The van der Waals surface area contributed by atoms with E-state index in [9.17, 15) is 32.0 Å². The van der Waals surface area contributed by atoms with Crippen LogP contribution in [0.4, 0.5) is 22.0 Å². The molecule has 0 unspecified atom stereocenters. The zero-order valence-electron chi connectivity index (χ0n) is 19.9. The number of allylic oxidation sites excluding steroid dienone is 4. The molecule has 0 spiro atoms. The molecule has 0 N–H and O–H groups in total. The SMILES string of the molecule is N#Cc1c(C(F)(F)F)cc(-c2ccc(C3=COC=C(C4=CC=CCC4)O3)s2)n(Cc2ccc(F)cc2F)c1=O. The van der Waals surface area contributed by atoms with E-state index in [1.807, 2.05) is 18.2 Å². The highest BCUT2D eigenvalue weighted by atomic mass is 32.1. The highest BCUT2D eigenvalue weighted by molar-refractivity contribution is 7.16. The van der Waals surface area contributed by atoms with Gasteiger partial charge in [-0.25, -0.2) is 8.78 Å². The van der Waals surface area contributed by atoms with Crippen LogP contribution in [0.5, 0.6) is 0 Å². The van der Waals surface area contributed by atoms with Gasteiger partial charge in [0.05, 0.1) is 27.6 Å². The predicted octanol–water partition coefficient (Wildman–Crippen LogP) is 7.26. The first-order chi connectivity index (χ1) is 18.7. The van der Waals surface area contributed by atoms with Crippen LogP contribution in [0.25, 0.3) is 16.3 Å². The zero-order valence-corrected chi connectivity index (χ0v) is 20.7. The van der Waals surface area contributed by atoms with Gasteiger partial charge in [0.25, 0.3) is 5.56 Å². The van der Waals surface area contributed by atoms with Gasteiger partial charge in [-0.15, -0.1) is 11.3 Å². The van der Waals surface area contributed by atoms with E-state index in [-0.39, 0.29) is 16.1 Å². The molecule has 11 heteroatoms. The highest BCUT2D eigenvalue weighted by Crippen LogP contribution is 2.39. The van der Waals surface area contributed by atoms with Gasteiger partial charge < -0.3 is 14.0 Å². The Morgan fingerprint density at radius 1 is 1.05 bits per heavy atom. The molecule has 2 aromatic heterocycles. The van der Waals surface area contributed by atoms with Crippen molar-refractivity contribution in [2.24, 2.45) is 0 Å². The quantitative estimate of drug-likeness (QED) is 0.311. The second kappa shape index (κ2) is 10.4. The summed E-state index contributed by atoms with van der Waals surface area (Å²) in [4.78, 5) is 13.9. The van der Waals surface area contributed by atoms with Crippen molar-refractivity contribution in [3.63, 3.8) is 0 Å². The van der Waals surface area contributed by atoms with Crippen LogP contribution in [0, 0.1) is 23.0 Å². The average molecular weight is 557 g/mol. The minimum absolute atomic E-state index is 0.142. The molecule has 0 bridgehead atoms. The summed E-state index contributed by atoms with van der Waals surface area (Å²) in [5.74, 6) is -1.04. The summed E-state index contributed by atoms with van der Waals surface area (Å²) >= 11 is 1.02. The first kappa shape index (κ1) is 26.2. The normalized spacial score (nSPS) is 15.0. The summed E-state index contributed by atoms with van der Waals surface area (Å²) in [6.07, 6.45) is 5.19. The summed E-state index contributed by atoms with van der Waals surface area (Å²) in [7, 11) is 0. The maximum atomic E-state index is 14.4. The molecule has 3 aromatic rings. The van der Waals surface area contributed by atoms with Gasteiger partial charge in [0.2, 0.25) is 0 Å². The van der Waals surface area contributed by atoms with Crippen molar-refractivity contribution >= 4 is 17.1 Å². The molecule has 1 aliphatic heterocycles. The van der Waals surface area contributed by atoms with E-state index in [2.05, 4.69) is 0 Å². The molecule has 5 nitrogen and oxygen atoms in total. The number of aromatic nitrogens is 1. The van der Waals surface area contributed by atoms with Gasteiger partial charge in [0.15, 0.2) is 11.5 Å². The minimum atomic E-state index is -5.00. The monoisotopic (exact) mass is 556 g/mol. The molecule has 0 atom stereocenters. The summed E-state index contributed by atoms with van der Waals surface area (Å²) in [6.45, 7) is -0.531. The number of hydrogen-bond donors (Lipinski definition) is 0. The van der Waals surface area contributed by atoms with Crippen LogP contribution >= 0.6 is 11.3 Å². The van der Waals surface area contributed by atoms with Crippen molar-refractivity contribution in [3.8, 4) is 16.6 Å². The molecule has 0 amide bonds. The van der Waals surface area contributed by atoms with Gasteiger partial charge in [0, 0.05) is 11.6 Å². The second-order valence-corrected chi connectivity index (χ2v) is 9.66. The van der Waals surface area contributed by atoms with Gasteiger partial charge >= 0.3 is 6.18 Å². The van der Waals surface area contributed by atoms with Crippen LogP contribution in [-0.4, -0.2) is 4.57 Å². The Bertz CT molecular complexity index is 1690. The number of pyridine rings is 1. The van der Waals surface area contributed by atoms with Gasteiger partial charge in [0.1, 0.15) is 35.8 Å². The number of nitrogens with zero attached hydrogens (tertiary/aromatic N) is 2. The van der Waals surface area contributed by atoms with Crippen LogP contribution in [0.2, 0.25) is 0 Å². The molecule has 0 saturated heterocycles. The number of alkyl halides is 3. The molecule has 0 radical (unpaired) electrons. The fourth-order valence-electron chi connectivity index (χ4n) is 4.15. The number of benzene rings is 1. The van der Waals surface area contributed by atoms with Crippen LogP contribution < -0.4 is 5.56 Å². The number of ether oxygens (including phenoxy) is 2. The van der Waals surface area contributed by atoms with E-state index in [1.54, 1.807) is 6.07 Å². The molecule has 0 fully saturated rings. The van der Waals surface area contributed by atoms with E-state index < -0.39 is 41.0 Å². The minimum Gasteiger partial charge on any atom is -0.465 e. The first-order valence-electron chi connectivity index (χ1n) is 11.5. The Kier molecular flexibility index (Phi) is 6.97. The number of rotatable bonds is 5. The Morgan fingerprint density at radius 2 is 1.82 bits per heavy atom. The lowest BCUT2D eigenvalue weighted by atomic mass is 10.0. The molecule has 2 aliphatic rings. The van der Waals surface area contributed by atoms with E-state index >= 15 is 0 Å². The van der Waals surface area contributed by atoms with Crippen molar-refractivity contribution in [2.45, 2.75) is 25.6 Å². The third kappa shape index (κ3) is 5.28. The van der Waals surface area contributed by atoms with E-state index in [0.717, 1.165) is 46.5 Å². The van der Waals surface area contributed by atoms with Gasteiger partial charge in [-0.1, -0.05) is 24.3 Å². The number of hydrogen-bond acceptors (Lipinski definition) is 5.